The summed E-state index contributed by atoms with van der Waals surface area (Å²) in [7, 11) is 0. The van der Waals surface area contributed by atoms with Gasteiger partial charge in [-0.3, -0.25) is 0 Å². The number of benzene rings is 2. The second-order valence-electron chi connectivity index (χ2n) is 4.99. The molecule has 2 nitrogen and oxygen atoms in total. The van der Waals surface area contributed by atoms with Crippen LogP contribution in [0, 0.1) is 12.7 Å². The van der Waals surface area contributed by atoms with E-state index in [0.717, 1.165) is 23.3 Å². The third-order valence-corrected chi connectivity index (χ3v) is 3.33. The number of ether oxygens (including phenoxy) is 1. The van der Waals surface area contributed by atoms with Crippen LogP contribution in [-0.4, -0.2) is 6.04 Å². The first-order chi connectivity index (χ1) is 9.44. The summed E-state index contributed by atoms with van der Waals surface area (Å²) in [4.78, 5) is 0. The average molecular weight is 338 g/mol. The standard InChI is InChI=1S/C16H17BrFNO/c1-10-3-4-12(5-11(2)19)6-16(10)20-15-8-13(17)7-14(18)9-15/h3-4,6-9,11H,5,19H2,1-2H3. The molecule has 0 aliphatic rings. The summed E-state index contributed by atoms with van der Waals surface area (Å²) in [6.07, 6.45) is 0.781. The predicted molar refractivity (Wildman–Crippen MR) is 82.7 cm³/mol. The summed E-state index contributed by atoms with van der Waals surface area (Å²) >= 11 is 3.26. The smallest absolute Gasteiger partial charge is 0.131 e. The summed E-state index contributed by atoms with van der Waals surface area (Å²) in [5.41, 5.74) is 7.91. The van der Waals surface area contributed by atoms with Crippen LogP contribution in [0.5, 0.6) is 11.5 Å². The molecule has 0 aromatic heterocycles. The van der Waals surface area contributed by atoms with E-state index in [-0.39, 0.29) is 11.9 Å². The molecule has 0 fully saturated rings. The van der Waals surface area contributed by atoms with Crippen molar-refractivity contribution in [2.45, 2.75) is 26.3 Å². The van der Waals surface area contributed by atoms with Gasteiger partial charge in [0.25, 0.3) is 0 Å². The van der Waals surface area contributed by atoms with E-state index in [0.29, 0.717) is 10.2 Å². The molecule has 1 unspecified atom stereocenters. The van der Waals surface area contributed by atoms with Gasteiger partial charge < -0.3 is 10.5 Å². The Morgan fingerprint density at radius 2 is 2.00 bits per heavy atom. The lowest BCUT2D eigenvalue weighted by Crippen LogP contribution is -2.17. The highest BCUT2D eigenvalue weighted by molar-refractivity contribution is 9.10. The van der Waals surface area contributed by atoms with E-state index in [2.05, 4.69) is 15.9 Å². The van der Waals surface area contributed by atoms with Gasteiger partial charge in [0, 0.05) is 16.6 Å². The Labute approximate surface area is 126 Å². The Bertz CT molecular complexity index is 593. The van der Waals surface area contributed by atoms with Crippen molar-refractivity contribution < 1.29 is 9.13 Å². The van der Waals surface area contributed by atoms with Gasteiger partial charge in [0.1, 0.15) is 17.3 Å². The lowest BCUT2D eigenvalue weighted by Gasteiger charge is -2.12. The molecule has 2 N–H and O–H groups in total. The van der Waals surface area contributed by atoms with E-state index in [4.69, 9.17) is 10.5 Å². The molecule has 0 saturated carbocycles. The summed E-state index contributed by atoms with van der Waals surface area (Å²) in [5, 5.41) is 0. The van der Waals surface area contributed by atoms with Crippen LogP contribution in [0.15, 0.2) is 40.9 Å². The first kappa shape index (κ1) is 15.0. The van der Waals surface area contributed by atoms with Crippen LogP contribution in [0.1, 0.15) is 18.1 Å². The summed E-state index contributed by atoms with van der Waals surface area (Å²) < 4.78 is 19.8. The predicted octanol–water partition coefficient (Wildman–Crippen LogP) is 4.58. The normalized spacial score (nSPS) is 12.2. The minimum Gasteiger partial charge on any atom is -0.457 e. The first-order valence-corrected chi connectivity index (χ1v) is 7.22. The van der Waals surface area contributed by atoms with Gasteiger partial charge >= 0.3 is 0 Å². The minimum atomic E-state index is -0.334. The second kappa shape index (κ2) is 6.37. The lowest BCUT2D eigenvalue weighted by atomic mass is 10.1. The molecule has 2 aromatic carbocycles. The summed E-state index contributed by atoms with van der Waals surface area (Å²) in [6.45, 7) is 3.92. The van der Waals surface area contributed by atoms with Crippen LogP contribution in [-0.2, 0) is 6.42 Å². The molecule has 0 amide bonds. The molecule has 0 bridgehead atoms. The lowest BCUT2D eigenvalue weighted by molar-refractivity contribution is 0.472. The highest BCUT2D eigenvalue weighted by atomic mass is 79.9. The third-order valence-electron chi connectivity index (χ3n) is 2.87. The van der Waals surface area contributed by atoms with Gasteiger partial charge in [0.15, 0.2) is 0 Å². The van der Waals surface area contributed by atoms with Gasteiger partial charge in [0.05, 0.1) is 0 Å². The molecule has 0 spiro atoms. The van der Waals surface area contributed by atoms with Crippen LogP contribution in [0.2, 0.25) is 0 Å². The molecule has 0 aliphatic carbocycles. The number of hydrogen-bond donors (Lipinski definition) is 1. The van der Waals surface area contributed by atoms with Crippen LogP contribution in [0.3, 0.4) is 0 Å². The van der Waals surface area contributed by atoms with Crippen LogP contribution in [0.4, 0.5) is 4.39 Å². The van der Waals surface area contributed by atoms with E-state index in [9.17, 15) is 4.39 Å². The summed E-state index contributed by atoms with van der Waals surface area (Å²) in [6, 6.07) is 10.6. The van der Waals surface area contributed by atoms with Crippen molar-refractivity contribution in [1.29, 1.82) is 0 Å². The zero-order chi connectivity index (χ0) is 14.7. The highest BCUT2D eigenvalue weighted by Crippen LogP contribution is 2.29. The maximum atomic E-state index is 13.4. The van der Waals surface area contributed by atoms with Crippen molar-refractivity contribution in [1.82, 2.24) is 0 Å². The van der Waals surface area contributed by atoms with E-state index in [1.165, 1.54) is 12.1 Å². The van der Waals surface area contributed by atoms with E-state index in [1.54, 1.807) is 6.07 Å². The third kappa shape index (κ3) is 4.05. The van der Waals surface area contributed by atoms with Gasteiger partial charge in [-0.2, -0.15) is 0 Å². The Kier molecular flexibility index (Phi) is 4.78. The van der Waals surface area contributed by atoms with Crippen molar-refractivity contribution in [3.63, 3.8) is 0 Å². The first-order valence-electron chi connectivity index (χ1n) is 6.43. The quantitative estimate of drug-likeness (QED) is 0.886. The molecule has 106 valence electrons. The highest BCUT2D eigenvalue weighted by Gasteiger charge is 2.07. The topological polar surface area (TPSA) is 35.2 Å². The van der Waals surface area contributed by atoms with E-state index < -0.39 is 0 Å². The molecule has 0 radical (unpaired) electrons. The molecule has 2 aromatic rings. The maximum absolute atomic E-state index is 13.4. The fourth-order valence-corrected chi connectivity index (χ4v) is 2.41. The minimum absolute atomic E-state index is 0.0915. The van der Waals surface area contributed by atoms with Crippen LogP contribution in [0.25, 0.3) is 0 Å². The van der Waals surface area contributed by atoms with E-state index >= 15 is 0 Å². The number of rotatable bonds is 4. The zero-order valence-corrected chi connectivity index (χ0v) is 13.1. The number of nitrogens with two attached hydrogens (primary N) is 1. The molecule has 1 atom stereocenters. The number of aryl methyl sites for hydroxylation is 1. The Balaban J connectivity index is 2.27. The largest absolute Gasteiger partial charge is 0.457 e. The number of halogens is 2. The Hall–Kier alpha value is -1.39. The molecular weight excluding hydrogens is 321 g/mol. The molecule has 4 heteroatoms. The van der Waals surface area contributed by atoms with Gasteiger partial charge in [-0.25, -0.2) is 4.39 Å². The monoisotopic (exact) mass is 337 g/mol. The van der Waals surface area contributed by atoms with Crippen LogP contribution < -0.4 is 10.5 Å². The molecule has 0 saturated heterocycles. The molecule has 2 rings (SSSR count). The Morgan fingerprint density at radius 1 is 1.25 bits per heavy atom. The molecule has 20 heavy (non-hydrogen) atoms. The zero-order valence-electron chi connectivity index (χ0n) is 11.5. The molecule has 0 aliphatic heterocycles. The van der Waals surface area contributed by atoms with Crippen molar-refractivity contribution in [3.05, 3.63) is 57.8 Å². The van der Waals surface area contributed by atoms with E-state index in [1.807, 2.05) is 32.0 Å². The van der Waals surface area contributed by atoms with Gasteiger partial charge in [-0.15, -0.1) is 0 Å². The SMILES string of the molecule is Cc1ccc(CC(C)N)cc1Oc1cc(F)cc(Br)c1. The summed E-state index contributed by atoms with van der Waals surface area (Å²) in [5.74, 6) is 0.859. The number of hydrogen-bond acceptors (Lipinski definition) is 2. The fourth-order valence-electron chi connectivity index (χ4n) is 1.97. The van der Waals surface area contributed by atoms with Gasteiger partial charge in [-0.05, 0) is 49.6 Å². The fraction of sp³-hybridized carbons (Fsp3) is 0.250. The van der Waals surface area contributed by atoms with Crippen molar-refractivity contribution in [2.24, 2.45) is 5.73 Å². The second-order valence-corrected chi connectivity index (χ2v) is 5.90. The van der Waals surface area contributed by atoms with Crippen LogP contribution >= 0.6 is 15.9 Å². The molecule has 0 heterocycles. The average Bonchev–Trinajstić information content (AvgIpc) is 2.31. The van der Waals surface area contributed by atoms with Crippen molar-refractivity contribution in [2.75, 3.05) is 0 Å². The van der Waals surface area contributed by atoms with Gasteiger partial charge in [-0.1, -0.05) is 28.1 Å². The Morgan fingerprint density at radius 3 is 2.65 bits per heavy atom. The van der Waals surface area contributed by atoms with Crippen molar-refractivity contribution in [3.8, 4) is 11.5 Å². The molecular formula is C16H17BrFNO. The van der Waals surface area contributed by atoms with Crippen molar-refractivity contribution >= 4 is 15.9 Å². The van der Waals surface area contributed by atoms with Gasteiger partial charge in [0.2, 0.25) is 0 Å². The maximum Gasteiger partial charge on any atom is 0.131 e.